The van der Waals surface area contributed by atoms with Crippen molar-refractivity contribution in [3.63, 3.8) is 0 Å². The molecule has 0 radical (unpaired) electrons. The van der Waals surface area contributed by atoms with E-state index in [1.807, 2.05) is 30.5 Å². The van der Waals surface area contributed by atoms with Crippen molar-refractivity contribution in [2.45, 2.75) is 26.2 Å². The molecule has 0 N–H and O–H groups in total. The molecule has 2 rings (SSSR count). The number of unbranched alkanes of at least 4 members (excludes halogenated alkanes) is 1. The van der Waals surface area contributed by atoms with Gasteiger partial charge in [0.25, 0.3) is 0 Å². The highest BCUT2D eigenvalue weighted by molar-refractivity contribution is 5.64. The molecule has 0 aliphatic heterocycles. The Bertz CT molecular complexity index is 500. The van der Waals surface area contributed by atoms with Gasteiger partial charge in [0.1, 0.15) is 0 Å². The first-order chi connectivity index (χ1) is 8.81. The van der Waals surface area contributed by atoms with Gasteiger partial charge in [-0.1, -0.05) is 32.1 Å². The molecular weight excluding hydrogens is 220 g/mol. The van der Waals surface area contributed by atoms with Crippen LogP contribution in [0.25, 0.3) is 17.0 Å². The second-order valence-electron chi connectivity index (χ2n) is 4.35. The minimum Gasteiger partial charge on any atom is -0.255 e. The van der Waals surface area contributed by atoms with Gasteiger partial charge in [0.2, 0.25) is 0 Å². The van der Waals surface area contributed by atoms with E-state index in [9.17, 15) is 0 Å². The van der Waals surface area contributed by atoms with Gasteiger partial charge >= 0.3 is 0 Å². The molecule has 2 nitrogen and oxygen atoms in total. The monoisotopic (exact) mass is 238 g/mol. The normalized spacial score (nSPS) is 10.3. The standard InChI is InChI=1S/C16H18N2/c1-3-4-7-13(2)14-9-10-16(18-12-14)15-8-5-6-11-17-15/h5-6,8-12H,2-4,7H2,1H3. The third-order valence-electron chi connectivity index (χ3n) is 2.93. The summed E-state index contributed by atoms with van der Waals surface area (Å²) in [5, 5.41) is 0. The van der Waals surface area contributed by atoms with Gasteiger partial charge in [-0.25, -0.2) is 0 Å². The van der Waals surface area contributed by atoms with E-state index in [1.54, 1.807) is 6.20 Å². The van der Waals surface area contributed by atoms with Gasteiger partial charge in [0.05, 0.1) is 11.4 Å². The molecule has 18 heavy (non-hydrogen) atoms. The lowest BCUT2D eigenvalue weighted by atomic mass is 10.0. The summed E-state index contributed by atoms with van der Waals surface area (Å²) in [6.45, 7) is 6.30. The molecule has 0 aliphatic rings. The fourth-order valence-corrected chi connectivity index (χ4v) is 1.80. The third kappa shape index (κ3) is 3.04. The number of allylic oxidation sites excluding steroid dienone is 1. The molecule has 0 unspecified atom stereocenters. The number of nitrogens with zero attached hydrogens (tertiary/aromatic N) is 2. The van der Waals surface area contributed by atoms with Crippen molar-refractivity contribution < 1.29 is 0 Å². The van der Waals surface area contributed by atoms with Gasteiger partial charge in [-0.05, 0) is 42.2 Å². The largest absolute Gasteiger partial charge is 0.255 e. The lowest BCUT2D eigenvalue weighted by Gasteiger charge is -2.05. The fraction of sp³-hybridized carbons (Fsp3) is 0.250. The van der Waals surface area contributed by atoms with Crippen LogP contribution in [0.15, 0.2) is 49.3 Å². The van der Waals surface area contributed by atoms with Crippen LogP contribution in [-0.4, -0.2) is 9.97 Å². The van der Waals surface area contributed by atoms with Crippen LogP contribution in [0.3, 0.4) is 0 Å². The maximum absolute atomic E-state index is 4.45. The number of rotatable bonds is 5. The number of pyridine rings is 2. The molecule has 92 valence electrons. The minimum atomic E-state index is 0.905. The van der Waals surface area contributed by atoms with E-state index in [-0.39, 0.29) is 0 Å². The molecule has 2 aromatic heterocycles. The number of hydrogen-bond donors (Lipinski definition) is 0. The summed E-state index contributed by atoms with van der Waals surface area (Å²) in [5.74, 6) is 0. The van der Waals surface area contributed by atoms with Crippen molar-refractivity contribution in [3.8, 4) is 11.4 Å². The molecule has 0 aliphatic carbocycles. The molecule has 2 heterocycles. The van der Waals surface area contributed by atoms with E-state index >= 15 is 0 Å². The number of aromatic nitrogens is 2. The Labute approximate surface area is 108 Å². The quantitative estimate of drug-likeness (QED) is 0.774. The van der Waals surface area contributed by atoms with Crippen molar-refractivity contribution in [1.29, 1.82) is 0 Å². The van der Waals surface area contributed by atoms with Crippen LogP contribution >= 0.6 is 0 Å². The van der Waals surface area contributed by atoms with Crippen LogP contribution in [0.2, 0.25) is 0 Å². The van der Waals surface area contributed by atoms with E-state index in [0.717, 1.165) is 28.9 Å². The summed E-state index contributed by atoms with van der Waals surface area (Å²) in [5.41, 5.74) is 4.10. The predicted octanol–water partition coefficient (Wildman–Crippen LogP) is 4.35. The Morgan fingerprint density at radius 3 is 2.56 bits per heavy atom. The Kier molecular flexibility index (Phi) is 4.24. The molecule has 2 heteroatoms. The molecule has 2 aromatic rings. The van der Waals surface area contributed by atoms with E-state index in [2.05, 4.69) is 29.5 Å². The topological polar surface area (TPSA) is 25.8 Å². The Balaban J connectivity index is 2.13. The molecule has 0 amide bonds. The Morgan fingerprint density at radius 1 is 1.11 bits per heavy atom. The van der Waals surface area contributed by atoms with Crippen LogP contribution < -0.4 is 0 Å². The summed E-state index contributed by atoms with van der Waals surface area (Å²) >= 11 is 0. The van der Waals surface area contributed by atoms with Gasteiger partial charge < -0.3 is 0 Å². The summed E-state index contributed by atoms with van der Waals surface area (Å²) in [6, 6.07) is 9.93. The van der Waals surface area contributed by atoms with Crippen LogP contribution in [0.4, 0.5) is 0 Å². The highest BCUT2D eigenvalue weighted by Gasteiger charge is 2.02. The van der Waals surface area contributed by atoms with Crippen molar-refractivity contribution >= 4 is 5.57 Å². The Hall–Kier alpha value is -1.96. The molecule has 0 spiro atoms. The number of hydrogen-bond acceptors (Lipinski definition) is 2. The first-order valence-corrected chi connectivity index (χ1v) is 6.37. The van der Waals surface area contributed by atoms with Gasteiger partial charge in [-0.15, -0.1) is 0 Å². The van der Waals surface area contributed by atoms with Crippen LogP contribution in [0.5, 0.6) is 0 Å². The third-order valence-corrected chi connectivity index (χ3v) is 2.93. The van der Waals surface area contributed by atoms with Crippen LogP contribution in [0, 0.1) is 0 Å². The van der Waals surface area contributed by atoms with E-state index in [1.165, 1.54) is 12.8 Å². The molecular formula is C16H18N2. The van der Waals surface area contributed by atoms with Gasteiger partial charge in [0, 0.05) is 12.4 Å². The van der Waals surface area contributed by atoms with Crippen molar-refractivity contribution in [2.24, 2.45) is 0 Å². The smallest absolute Gasteiger partial charge is 0.0886 e. The maximum atomic E-state index is 4.45. The van der Waals surface area contributed by atoms with Crippen LogP contribution in [-0.2, 0) is 0 Å². The zero-order valence-corrected chi connectivity index (χ0v) is 10.8. The highest BCUT2D eigenvalue weighted by Crippen LogP contribution is 2.20. The maximum Gasteiger partial charge on any atom is 0.0886 e. The van der Waals surface area contributed by atoms with E-state index in [4.69, 9.17) is 0 Å². The average molecular weight is 238 g/mol. The van der Waals surface area contributed by atoms with Crippen molar-refractivity contribution in [1.82, 2.24) is 9.97 Å². The summed E-state index contributed by atoms with van der Waals surface area (Å²) in [7, 11) is 0. The summed E-state index contributed by atoms with van der Waals surface area (Å²) < 4.78 is 0. The zero-order chi connectivity index (χ0) is 12.8. The molecule has 0 saturated carbocycles. The minimum absolute atomic E-state index is 0.905. The fourth-order valence-electron chi connectivity index (χ4n) is 1.80. The molecule has 0 aromatic carbocycles. The molecule has 0 fully saturated rings. The molecule has 0 bridgehead atoms. The lowest BCUT2D eigenvalue weighted by Crippen LogP contribution is -1.89. The van der Waals surface area contributed by atoms with Crippen LogP contribution in [0.1, 0.15) is 31.7 Å². The second kappa shape index (κ2) is 6.10. The van der Waals surface area contributed by atoms with Gasteiger partial charge in [-0.2, -0.15) is 0 Å². The SMILES string of the molecule is C=C(CCCC)c1ccc(-c2ccccn2)nc1. The first-order valence-electron chi connectivity index (χ1n) is 6.37. The van der Waals surface area contributed by atoms with E-state index < -0.39 is 0 Å². The summed E-state index contributed by atoms with van der Waals surface area (Å²) in [4.78, 5) is 8.74. The van der Waals surface area contributed by atoms with E-state index in [0.29, 0.717) is 0 Å². The van der Waals surface area contributed by atoms with Gasteiger partial charge in [-0.3, -0.25) is 9.97 Å². The Morgan fingerprint density at radius 2 is 1.94 bits per heavy atom. The zero-order valence-electron chi connectivity index (χ0n) is 10.8. The van der Waals surface area contributed by atoms with Crippen molar-refractivity contribution in [3.05, 3.63) is 54.9 Å². The molecule has 0 atom stereocenters. The van der Waals surface area contributed by atoms with Crippen molar-refractivity contribution in [2.75, 3.05) is 0 Å². The second-order valence-corrected chi connectivity index (χ2v) is 4.35. The summed E-state index contributed by atoms with van der Waals surface area (Å²) in [6.07, 6.45) is 7.09. The average Bonchev–Trinajstić information content (AvgIpc) is 2.46. The first kappa shape index (κ1) is 12.5. The highest BCUT2D eigenvalue weighted by atomic mass is 14.8. The molecule has 0 saturated heterocycles. The van der Waals surface area contributed by atoms with Gasteiger partial charge in [0.15, 0.2) is 0 Å². The predicted molar refractivity (Wildman–Crippen MR) is 76.0 cm³/mol. The lowest BCUT2D eigenvalue weighted by molar-refractivity contribution is 0.825.